The molecule has 3 aliphatic heterocycles. The van der Waals surface area contributed by atoms with E-state index in [2.05, 4.69) is 15.0 Å². The van der Waals surface area contributed by atoms with Crippen molar-refractivity contribution in [2.24, 2.45) is 0 Å². The number of ether oxygens (including phenoxy) is 3. The molecule has 0 saturated carbocycles. The van der Waals surface area contributed by atoms with Gasteiger partial charge in [-0.05, 0) is 19.1 Å². The first-order valence-corrected chi connectivity index (χ1v) is 11.7. The van der Waals surface area contributed by atoms with E-state index in [0.29, 0.717) is 29.3 Å². The van der Waals surface area contributed by atoms with Gasteiger partial charge in [-0.2, -0.15) is 4.98 Å². The van der Waals surface area contributed by atoms with Gasteiger partial charge in [0.05, 0.1) is 24.7 Å². The quantitative estimate of drug-likeness (QED) is 0.223. The average Bonchev–Trinajstić information content (AvgIpc) is 3.03. The molecule has 2 saturated heterocycles. The first-order valence-electron chi connectivity index (χ1n) is 10.1. The third-order valence-corrected chi connectivity index (χ3v) is 6.98. The number of aromatic nitrogens is 3. The molecule has 32 heavy (non-hydrogen) atoms. The summed E-state index contributed by atoms with van der Waals surface area (Å²) in [5.74, 6) is -0.170. The standard InChI is InChI=1S/C19H21ClFN5O5S/c1-29-7-30-6-10-14-9-4-3-8(26(9)19(27)28)5-25(14)16-11-13(22-18(24-16)32-2)12(21)15(20)23-17(11)31-10/h8-10,14H,3-7H2,1-2H3,(H,27,28). The van der Waals surface area contributed by atoms with Crippen LogP contribution in [0.1, 0.15) is 12.8 Å². The molecular weight excluding hydrogens is 465 g/mol. The number of thioether (sulfide) groups is 1. The van der Waals surface area contributed by atoms with Gasteiger partial charge < -0.3 is 24.2 Å². The molecule has 13 heteroatoms. The number of halogens is 2. The van der Waals surface area contributed by atoms with Crippen LogP contribution in [-0.2, 0) is 9.47 Å². The fourth-order valence-corrected chi connectivity index (χ4v) is 5.54. The summed E-state index contributed by atoms with van der Waals surface area (Å²) in [5, 5.41) is 10.2. The van der Waals surface area contributed by atoms with Gasteiger partial charge in [-0.3, -0.25) is 4.90 Å². The fourth-order valence-electron chi connectivity index (χ4n) is 5.01. The van der Waals surface area contributed by atoms with Crippen LogP contribution in [0.3, 0.4) is 0 Å². The first-order chi connectivity index (χ1) is 15.4. The molecule has 4 atom stereocenters. The second-order valence-corrected chi connectivity index (χ2v) is 8.98. The molecular formula is C19H21ClFN5O5S. The van der Waals surface area contributed by atoms with E-state index in [1.54, 1.807) is 6.26 Å². The molecule has 3 aliphatic rings. The predicted molar refractivity (Wildman–Crippen MR) is 114 cm³/mol. The molecule has 4 unspecified atom stereocenters. The van der Waals surface area contributed by atoms with Gasteiger partial charge in [0, 0.05) is 13.7 Å². The van der Waals surface area contributed by atoms with Crippen LogP contribution < -0.4 is 9.64 Å². The smallest absolute Gasteiger partial charge is 0.407 e. The van der Waals surface area contributed by atoms with Gasteiger partial charge in [-0.15, -0.1) is 0 Å². The van der Waals surface area contributed by atoms with Crippen molar-refractivity contribution in [1.29, 1.82) is 0 Å². The summed E-state index contributed by atoms with van der Waals surface area (Å²) in [6.07, 6.45) is 1.60. The van der Waals surface area contributed by atoms with Crippen LogP contribution >= 0.6 is 23.4 Å². The average molecular weight is 486 g/mol. The van der Waals surface area contributed by atoms with Crippen LogP contribution in [0, 0.1) is 5.82 Å². The number of hydrogen-bond acceptors (Lipinski definition) is 9. The summed E-state index contributed by atoms with van der Waals surface area (Å²) in [5.41, 5.74) is 0.0274. The highest BCUT2D eigenvalue weighted by Crippen LogP contribution is 2.45. The Kier molecular flexibility index (Phi) is 5.64. The molecule has 2 fully saturated rings. The lowest BCUT2D eigenvalue weighted by atomic mass is 9.97. The van der Waals surface area contributed by atoms with E-state index in [9.17, 15) is 14.3 Å². The van der Waals surface area contributed by atoms with Crippen LogP contribution in [0.15, 0.2) is 5.16 Å². The Morgan fingerprint density at radius 3 is 2.91 bits per heavy atom. The third kappa shape index (κ3) is 3.31. The van der Waals surface area contributed by atoms with Crippen molar-refractivity contribution in [3.05, 3.63) is 11.0 Å². The van der Waals surface area contributed by atoms with E-state index in [-0.39, 0.29) is 42.0 Å². The van der Waals surface area contributed by atoms with E-state index in [1.807, 2.05) is 4.90 Å². The van der Waals surface area contributed by atoms with Gasteiger partial charge in [0.25, 0.3) is 0 Å². The molecule has 10 nitrogen and oxygen atoms in total. The van der Waals surface area contributed by atoms with Crippen LogP contribution in [0.2, 0.25) is 5.15 Å². The Bertz CT molecular complexity index is 1080. The molecule has 1 amide bonds. The van der Waals surface area contributed by atoms with Gasteiger partial charge in [0.2, 0.25) is 5.88 Å². The number of amides is 1. The number of methoxy groups -OCH3 is 1. The van der Waals surface area contributed by atoms with Crippen LogP contribution in [0.4, 0.5) is 15.0 Å². The van der Waals surface area contributed by atoms with E-state index in [1.165, 1.54) is 23.8 Å². The van der Waals surface area contributed by atoms with Gasteiger partial charge in [-0.25, -0.2) is 19.2 Å². The molecule has 0 spiro atoms. The van der Waals surface area contributed by atoms with Crippen molar-refractivity contribution in [3.8, 4) is 5.88 Å². The summed E-state index contributed by atoms with van der Waals surface area (Å²) < 4.78 is 31.8. The van der Waals surface area contributed by atoms with Crippen LogP contribution in [-0.4, -0.2) is 88.6 Å². The lowest BCUT2D eigenvalue weighted by Gasteiger charge is -2.47. The molecule has 1 N–H and O–H groups in total. The van der Waals surface area contributed by atoms with Gasteiger partial charge >= 0.3 is 6.09 Å². The molecule has 2 aromatic rings. The number of rotatable bonds is 5. The maximum Gasteiger partial charge on any atom is 0.407 e. The minimum absolute atomic E-state index is 0.0274. The highest BCUT2D eigenvalue weighted by molar-refractivity contribution is 7.98. The van der Waals surface area contributed by atoms with Crippen molar-refractivity contribution >= 4 is 46.2 Å². The SMILES string of the molecule is COCOCC1Oc2nc(Cl)c(F)c3nc(SC)nc(c23)N2CC3CCC(C12)N3C(=O)O. The number of piperazine rings is 1. The van der Waals surface area contributed by atoms with Gasteiger partial charge in [-0.1, -0.05) is 23.4 Å². The third-order valence-electron chi connectivity index (χ3n) is 6.18. The number of carboxylic acid groups (broad SMARTS) is 1. The highest BCUT2D eigenvalue weighted by atomic mass is 35.5. The fraction of sp³-hybridized carbons (Fsp3) is 0.579. The minimum atomic E-state index is -0.972. The Balaban J connectivity index is 1.71. The maximum atomic E-state index is 15.0. The largest absolute Gasteiger partial charge is 0.469 e. The van der Waals surface area contributed by atoms with Crippen molar-refractivity contribution in [1.82, 2.24) is 19.9 Å². The number of anilines is 1. The minimum Gasteiger partial charge on any atom is -0.469 e. The van der Waals surface area contributed by atoms with Crippen molar-refractivity contribution in [3.63, 3.8) is 0 Å². The van der Waals surface area contributed by atoms with Gasteiger partial charge in [0.1, 0.15) is 29.6 Å². The molecule has 172 valence electrons. The summed E-state index contributed by atoms with van der Waals surface area (Å²) in [6.45, 7) is 0.540. The molecule has 2 aromatic heterocycles. The molecule has 0 aliphatic carbocycles. The summed E-state index contributed by atoms with van der Waals surface area (Å²) in [7, 11) is 1.51. The number of hydrogen-bond donors (Lipinski definition) is 1. The zero-order valence-corrected chi connectivity index (χ0v) is 18.9. The van der Waals surface area contributed by atoms with E-state index in [4.69, 9.17) is 25.8 Å². The Labute approximate surface area is 192 Å². The van der Waals surface area contributed by atoms with E-state index >= 15 is 0 Å². The zero-order valence-electron chi connectivity index (χ0n) is 17.3. The number of fused-ring (bicyclic) bond motifs is 5. The Morgan fingerprint density at radius 2 is 2.19 bits per heavy atom. The van der Waals surface area contributed by atoms with Crippen molar-refractivity contribution in [2.45, 2.75) is 42.2 Å². The molecule has 5 rings (SSSR count). The Morgan fingerprint density at radius 1 is 1.38 bits per heavy atom. The number of pyridine rings is 1. The second-order valence-electron chi connectivity index (χ2n) is 7.84. The van der Waals surface area contributed by atoms with Crippen LogP contribution in [0.5, 0.6) is 5.88 Å². The van der Waals surface area contributed by atoms with Crippen molar-refractivity contribution in [2.75, 3.05) is 38.2 Å². The van der Waals surface area contributed by atoms with Gasteiger partial charge in [0.15, 0.2) is 16.1 Å². The molecule has 5 heterocycles. The second kappa shape index (κ2) is 8.32. The topological polar surface area (TPSA) is 110 Å². The van der Waals surface area contributed by atoms with Crippen LogP contribution in [0.25, 0.3) is 10.9 Å². The highest BCUT2D eigenvalue weighted by Gasteiger charge is 2.54. The number of carbonyl (C=O) groups is 1. The predicted octanol–water partition coefficient (Wildman–Crippen LogP) is 2.62. The number of nitrogens with zero attached hydrogens (tertiary/aromatic N) is 5. The normalized spacial score (nSPS) is 26.1. The van der Waals surface area contributed by atoms with E-state index < -0.39 is 24.1 Å². The first kappa shape index (κ1) is 21.7. The monoisotopic (exact) mass is 485 g/mol. The van der Waals surface area contributed by atoms with Crippen molar-refractivity contribution < 1.29 is 28.5 Å². The molecule has 0 radical (unpaired) electrons. The molecule has 2 bridgehead atoms. The lowest BCUT2D eigenvalue weighted by Crippen LogP contribution is -2.66. The molecule has 0 aromatic carbocycles. The lowest BCUT2D eigenvalue weighted by molar-refractivity contribution is -0.0667. The van der Waals surface area contributed by atoms with E-state index in [0.717, 1.165) is 6.42 Å². The zero-order chi connectivity index (χ0) is 22.6. The Hall–Kier alpha value is -2.15. The summed E-state index contributed by atoms with van der Waals surface area (Å²) in [6, 6.07) is -0.978. The summed E-state index contributed by atoms with van der Waals surface area (Å²) in [4.78, 5) is 28.7. The maximum absolute atomic E-state index is 15.0. The summed E-state index contributed by atoms with van der Waals surface area (Å²) >= 11 is 7.35.